The molecule has 0 radical (unpaired) electrons. The minimum atomic E-state index is -1.12. The number of carbonyl (C=O) groups is 2. The summed E-state index contributed by atoms with van der Waals surface area (Å²) in [6, 6.07) is -1.70. The van der Waals surface area contributed by atoms with Crippen molar-refractivity contribution in [1.29, 1.82) is 0 Å². The summed E-state index contributed by atoms with van der Waals surface area (Å²) in [5, 5.41) is 15.9. The zero-order valence-corrected chi connectivity index (χ0v) is 7.80. The van der Waals surface area contributed by atoms with Crippen LogP contribution >= 0.6 is 0 Å². The summed E-state index contributed by atoms with van der Waals surface area (Å²) in [5.41, 5.74) is 4.84. The molecule has 0 aliphatic heterocycles. The van der Waals surface area contributed by atoms with Crippen molar-refractivity contribution in [1.82, 2.24) is 0 Å². The maximum absolute atomic E-state index is 9.82. The number of carboxylic acids is 2. The smallest absolute Gasteiger partial charge is 0.329 e. The molecule has 0 heterocycles. The first-order valence-electron chi connectivity index (χ1n) is 3.61. The molecule has 2 unspecified atom stereocenters. The van der Waals surface area contributed by atoms with Crippen LogP contribution in [0.15, 0.2) is 4.99 Å². The SMILES string of the molecule is CC(N)C(=O)O.CC(N=C=O)C(=O)O. The van der Waals surface area contributed by atoms with Crippen molar-refractivity contribution in [2.75, 3.05) is 0 Å². The molecule has 0 aromatic heterocycles. The molecule has 0 amide bonds. The molecule has 0 aliphatic rings. The van der Waals surface area contributed by atoms with Crippen LogP contribution in [0.4, 0.5) is 0 Å². The number of isocyanates is 1. The third-order valence-electron chi connectivity index (χ3n) is 0.993. The van der Waals surface area contributed by atoms with E-state index >= 15 is 0 Å². The first kappa shape index (κ1) is 14.8. The van der Waals surface area contributed by atoms with Crippen LogP contribution in [-0.2, 0) is 14.4 Å². The largest absolute Gasteiger partial charge is 0.480 e. The zero-order chi connectivity index (χ0) is 11.7. The van der Waals surface area contributed by atoms with Gasteiger partial charge in [-0.2, -0.15) is 4.99 Å². The van der Waals surface area contributed by atoms with E-state index < -0.39 is 24.0 Å². The van der Waals surface area contributed by atoms with Gasteiger partial charge in [0.2, 0.25) is 6.08 Å². The fourth-order valence-corrected chi connectivity index (χ4v) is 0.134. The number of aliphatic carboxylic acids is 2. The predicted molar refractivity (Wildman–Crippen MR) is 46.5 cm³/mol. The second kappa shape index (κ2) is 7.90. The molecule has 14 heavy (non-hydrogen) atoms. The van der Waals surface area contributed by atoms with Gasteiger partial charge in [-0.1, -0.05) is 0 Å². The number of carbonyl (C=O) groups excluding carboxylic acids is 1. The highest BCUT2D eigenvalue weighted by Gasteiger charge is 2.06. The molecular weight excluding hydrogens is 192 g/mol. The maximum Gasteiger partial charge on any atom is 0.329 e. The fourth-order valence-electron chi connectivity index (χ4n) is 0.134. The number of aliphatic imine (C=N–C) groups is 1. The Morgan fingerprint density at radius 2 is 1.64 bits per heavy atom. The van der Waals surface area contributed by atoms with Gasteiger partial charge in [0.15, 0.2) is 6.04 Å². The standard InChI is InChI=1S/C4H5NO3.C3H7NO2/c1-3(4(7)8)5-2-6;1-2(4)3(5)6/h3H,1H3,(H,7,8);2H,4H2,1H3,(H,5,6). The normalized spacial score (nSPS) is 12.5. The van der Waals surface area contributed by atoms with E-state index in [9.17, 15) is 14.4 Å². The molecule has 0 spiro atoms. The fraction of sp³-hybridized carbons (Fsp3) is 0.571. The van der Waals surface area contributed by atoms with Gasteiger partial charge in [0.1, 0.15) is 6.04 Å². The van der Waals surface area contributed by atoms with Gasteiger partial charge >= 0.3 is 11.9 Å². The van der Waals surface area contributed by atoms with Crippen molar-refractivity contribution in [3.8, 4) is 0 Å². The zero-order valence-electron chi connectivity index (χ0n) is 7.80. The first-order valence-corrected chi connectivity index (χ1v) is 3.61. The van der Waals surface area contributed by atoms with Gasteiger partial charge in [-0.3, -0.25) is 4.79 Å². The lowest BCUT2D eigenvalue weighted by Crippen LogP contribution is -2.25. The van der Waals surface area contributed by atoms with Crippen LogP contribution in [0.2, 0.25) is 0 Å². The average Bonchev–Trinajstić information content (AvgIpc) is 2.05. The summed E-state index contributed by atoms with van der Waals surface area (Å²) in [5.74, 6) is -2.08. The van der Waals surface area contributed by atoms with Gasteiger partial charge < -0.3 is 15.9 Å². The molecule has 0 aromatic carbocycles. The lowest BCUT2D eigenvalue weighted by atomic mass is 10.4. The second-order valence-corrected chi connectivity index (χ2v) is 2.36. The summed E-state index contributed by atoms with van der Waals surface area (Å²) in [6.45, 7) is 2.72. The summed E-state index contributed by atoms with van der Waals surface area (Å²) < 4.78 is 0. The summed E-state index contributed by atoms with van der Waals surface area (Å²) in [4.78, 5) is 31.7. The van der Waals surface area contributed by atoms with Gasteiger partial charge in [0, 0.05) is 0 Å². The summed E-state index contributed by atoms with van der Waals surface area (Å²) in [7, 11) is 0. The van der Waals surface area contributed by atoms with Crippen LogP contribution in [0.5, 0.6) is 0 Å². The molecule has 0 aliphatic carbocycles. The third kappa shape index (κ3) is 10.3. The highest BCUT2D eigenvalue weighted by molar-refractivity contribution is 5.74. The van der Waals surface area contributed by atoms with Crippen LogP contribution in [0.25, 0.3) is 0 Å². The van der Waals surface area contributed by atoms with E-state index in [4.69, 9.17) is 15.9 Å². The van der Waals surface area contributed by atoms with Gasteiger partial charge in [-0.15, -0.1) is 0 Å². The van der Waals surface area contributed by atoms with E-state index in [1.165, 1.54) is 13.8 Å². The third-order valence-corrected chi connectivity index (χ3v) is 0.993. The molecule has 0 saturated carbocycles. The molecule has 0 bridgehead atoms. The molecule has 7 heteroatoms. The van der Waals surface area contributed by atoms with Crippen LogP contribution < -0.4 is 5.73 Å². The van der Waals surface area contributed by atoms with Crippen molar-refractivity contribution in [2.24, 2.45) is 10.7 Å². The average molecular weight is 204 g/mol. The Bertz CT molecular complexity index is 242. The molecule has 0 fully saturated rings. The second-order valence-electron chi connectivity index (χ2n) is 2.36. The monoisotopic (exact) mass is 204 g/mol. The van der Waals surface area contributed by atoms with Crippen LogP contribution in [0, 0.1) is 0 Å². The van der Waals surface area contributed by atoms with Crippen molar-refractivity contribution in [2.45, 2.75) is 25.9 Å². The van der Waals surface area contributed by atoms with Gasteiger partial charge in [-0.05, 0) is 13.8 Å². The first-order chi connectivity index (χ1) is 6.32. The topological polar surface area (TPSA) is 130 Å². The van der Waals surface area contributed by atoms with E-state index in [2.05, 4.69) is 4.99 Å². The van der Waals surface area contributed by atoms with Crippen molar-refractivity contribution >= 4 is 18.0 Å². The Hall–Kier alpha value is -1.72. The van der Waals surface area contributed by atoms with Crippen molar-refractivity contribution in [3.63, 3.8) is 0 Å². The Balaban J connectivity index is 0. The highest BCUT2D eigenvalue weighted by atomic mass is 16.4. The molecule has 7 nitrogen and oxygen atoms in total. The molecular formula is C7H12N2O5. The van der Waals surface area contributed by atoms with E-state index in [0.717, 1.165) is 6.08 Å². The summed E-state index contributed by atoms with van der Waals surface area (Å²) >= 11 is 0. The van der Waals surface area contributed by atoms with Crippen molar-refractivity contribution < 1.29 is 24.6 Å². The Morgan fingerprint density at radius 1 is 1.29 bits per heavy atom. The van der Waals surface area contributed by atoms with E-state index in [1.54, 1.807) is 0 Å². The Labute approximate surface area is 80.2 Å². The predicted octanol–water partition coefficient (Wildman–Crippen LogP) is -0.786. The highest BCUT2D eigenvalue weighted by Crippen LogP contribution is 1.84. The van der Waals surface area contributed by atoms with Gasteiger partial charge in [-0.25, -0.2) is 9.59 Å². The number of rotatable bonds is 3. The van der Waals surface area contributed by atoms with Gasteiger partial charge in [0.25, 0.3) is 0 Å². The minimum Gasteiger partial charge on any atom is -0.480 e. The van der Waals surface area contributed by atoms with Crippen LogP contribution in [-0.4, -0.2) is 40.3 Å². The number of hydrogen-bond donors (Lipinski definition) is 3. The quantitative estimate of drug-likeness (QED) is 0.408. The minimum absolute atomic E-state index is 0.731. The van der Waals surface area contributed by atoms with E-state index in [-0.39, 0.29) is 0 Å². The van der Waals surface area contributed by atoms with Gasteiger partial charge in [0.05, 0.1) is 0 Å². The molecule has 80 valence electrons. The van der Waals surface area contributed by atoms with Crippen LogP contribution in [0.3, 0.4) is 0 Å². The van der Waals surface area contributed by atoms with Crippen molar-refractivity contribution in [3.05, 3.63) is 0 Å². The molecule has 0 rings (SSSR count). The summed E-state index contributed by atoms with van der Waals surface area (Å²) in [6.07, 6.45) is 1.14. The number of hydrogen-bond acceptors (Lipinski definition) is 5. The Morgan fingerprint density at radius 3 is 1.71 bits per heavy atom. The van der Waals surface area contributed by atoms with E-state index in [1.807, 2.05) is 0 Å². The number of nitrogens with two attached hydrogens (primary N) is 1. The lowest BCUT2D eigenvalue weighted by Gasteiger charge is -1.90. The molecule has 0 aromatic rings. The molecule has 0 saturated heterocycles. The van der Waals surface area contributed by atoms with E-state index in [0.29, 0.717) is 0 Å². The number of carboxylic acid groups (broad SMARTS) is 2. The van der Waals surface area contributed by atoms with Crippen LogP contribution in [0.1, 0.15) is 13.8 Å². The number of nitrogens with zero attached hydrogens (tertiary/aromatic N) is 1. The lowest BCUT2D eigenvalue weighted by molar-refractivity contribution is -0.138. The Kier molecular flexibility index (Phi) is 8.35. The molecule has 2 atom stereocenters. The molecule has 4 N–H and O–H groups in total. The maximum atomic E-state index is 9.82.